The lowest BCUT2D eigenvalue weighted by Crippen LogP contribution is -1.85. The smallest absolute Gasteiger partial charge is 0.205 e. The SMILES string of the molecule is Fc1c(Br)sc2cccc(C(F)F)c12. The number of halogens is 4. The standard InChI is InChI=1S/C9H4BrF3S/c10-8-7(11)6-4(9(12)13)2-1-3-5(6)14-8/h1-3,9H. The van der Waals surface area contributed by atoms with Crippen molar-refractivity contribution in [1.82, 2.24) is 0 Å². The van der Waals surface area contributed by atoms with Crippen LogP contribution in [0, 0.1) is 5.82 Å². The second-order valence-electron chi connectivity index (χ2n) is 2.71. The first-order valence-electron chi connectivity index (χ1n) is 3.76. The largest absolute Gasteiger partial charge is 0.264 e. The molecule has 1 heterocycles. The maximum Gasteiger partial charge on any atom is 0.264 e. The molecule has 2 aromatic rings. The van der Waals surface area contributed by atoms with Gasteiger partial charge in [-0.3, -0.25) is 0 Å². The van der Waals surface area contributed by atoms with E-state index >= 15 is 0 Å². The molecule has 0 unspecified atom stereocenters. The second kappa shape index (κ2) is 3.55. The molecule has 0 aliphatic heterocycles. The molecule has 1 aromatic heterocycles. The van der Waals surface area contributed by atoms with E-state index < -0.39 is 12.2 Å². The Labute approximate surface area is 90.5 Å². The summed E-state index contributed by atoms with van der Waals surface area (Å²) < 4.78 is 39.2. The topological polar surface area (TPSA) is 0 Å². The molecule has 74 valence electrons. The number of hydrogen-bond donors (Lipinski definition) is 0. The summed E-state index contributed by atoms with van der Waals surface area (Å²) in [7, 11) is 0. The van der Waals surface area contributed by atoms with Crippen molar-refractivity contribution in [2.45, 2.75) is 6.43 Å². The normalized spacial score (nSPS) is 11.5. The highest BCUT2D eigenvalue weighted by atomic mass is 79.9. The van der Waals surface area contributed by atoms with Gasteiger partial charge in [-0.25, -0.2) is 13.2 Å². The Kier molecular flexibility index (Phi) is 2.53. The molecule has 5 heteroatoms. The molecule has 0 spiro atoms. The molecule has 0 saturated heterocycles. The first-order valence-corrected chi connectivity index (χ1v) is 5.36. The van der Waals surface area contributed by atoms with Crippen LogP contribution in [0.3, 0.4) is 0 Å². The lowest BCUT2D eigenvalue weighted by molar-refractivity contribution is 0.153. The Morgan fingerprint density at radius 2 is 2.00 bits per heavy atom. The third-order valence-electron chi connectivity index (χ3n) is 1.89. The van der Waals surface area contributed by atoms with Crippen LogP contribution in [-0.4, -0.2) is 0 Å². The maximum absolute atomic E-state index is 13.4. The number of rotatable bonds is 1. The summed E-state index contributed by atoms with van der Waals surface area (Å²) in [5.74, 6) is -0.596. The fourth-order valence-electron chi connectivity index (χ4n) is 1.29. The monoisotopic (exact) mass is 280 g/mol. The van der Waals surface area contributed by atoms with E-state index in [0.29, 0.717) is 4.70 Å². The highest BCUT2D eigenvalue weighted by Gasteiger charge is 2.18. The minimum atomic E-state index is -2.64. The molecule has 0 nitrogen and oxygen atoms in total. The van der Waals surface area contributed by atoms with Crippen molar-refractivity contribution < 1.29 is 13.2 Å². The molecular weight excluding hydrogens is 277 g/mol. The van der Waals surface area contributed by atoms with Crippen molar-refractivity contribution in [3.63, 3.8) is 0 Å². The number of thiophene rings is 1. The summed E-state index contributed by atoms with van der Waals surface area (Å²) >= 11 is 4.11. The van der Waals surface area contributed by atoms with Crippen molar-refractivity contribution >= 4 is 37.4 Å². The van der Waals surface area contributed by atoms with Crippen molar-refractivity contribution in [2.24, 2.45) is 0 Å². The number of alkyl halides is 2. The van der Waals surface area contributed by atoms with Crippen LogP contribution < -0.4 is 0 Å². The lowest BCUT2D eigenvalue weighted by Gasteiger charge is -2.00. The molecule has 1 aromatic carbocycles. The van der Waals surface area contributed by atoms with Gasteiger partial charge in [0, 0.05) is 15.6 Å². The van der Waals surface area contributed by atoms with E-state index in [1.165, 1.54) is 12.1 Å². The quantitative estimate of drug-likeness (QED) is 0.708. The Morgan fingerprint density at radius 3 is 2.64 bits per heavy atom. The van der Waals surface area contributed by atoms with Gasteiger partial charge in [-0.1, -0.05) is 12.1 Å². The van der Waals surface area contributed by atoms with Gasteiger partial charge in [-0.15, -0.1) is 11.3 Å². The van der Waals surface area contributed by atoms with Crippen molar-refractivity contribution in [3.05, 3.63) is 33.4 Å². The van der Waals surface area contributed by atoms with E-state index in [1.807, 2.05) is 0 Å². The summed E-state index contributed by atoms with van der Waals surface area (Å²) in [5.41, 5.74) is -0.248. The Bertz CT molecular complexity index is 478. The molecule has 0 N–H and O–H groups in total. The predicted molar refractivity (Wildman–Crippen MR) is 54.4 cm³/mol. The van der Waals surface area contributed by atoms with Crippen molar-refractivity contribution in [2.75, 3.05) is 0 Å². The molecule has 2 rings (SSSR count). The molecule has 0 amide bonds. The molecule has 0 saturated carbocycles. The third kappa shape index (κ3) is 1.44. The highest BCUT2D eigenvalue weighted by Crippen LogP contribution is 2.38. The first kappa shape index (κ1) is 9.98. The number of fused-ring (bicyclic) bond motifs is 1. The molecule has 0 bridgehead atoms. The van der Waals surface area contributed by atoms with Crippen LogP contribution in [0.15, 0.2) is 22.0 Å². The van der Waals surface area contributed by atoms with E-state index in [1.54, 1.807) is 6.07 Å². The molecule has 0 radical (unpaired) electrons. The van der Waals surface area contributed by atoms with E-state index in [4.69, 9.17) is 0 Å². The minimum Gasteiger partial charge on any atom is -0.205 e. The summed E-state index contributed by atoms with van der Waals surface area (Å²) in [6.45, 7) is 0. The van der Waals surface area contributed by atoms with E-state index in [0.717, 1.165) is 11.3 Å². The summed E-state index contributed by atoms with van der Waals surface area (Å²) in [6, 6.07) is 4.38. The van der Waals surface area contributed by atoms with Gasteiger partial charge in [0.15, 0.2) is 5.82 Å². The van der Waals surface area contributed by atoms with Gasteiger partial charge in [-0.05, 0) is 22.0 Å². The zero-order valence-corrected chi connectivity index (χ0v) is 9.13. The van der Waals surface area contributed by atoms with E-state index in [2.05, 4.69) is 15.9 Å². The molecule has 0 fully saturated rings. The van der Waals surface area contributed by atoms with Crippen LogP contribution in [0.5, 0.6) is 0 Å². The Morgan fingerprint density at radius 1 is 1.29 bits per heavy atom. The zero-order chi connectivity index (χ0) is 10.3. The van der Waals surface area contributed by atoms with Gasteiger partial charge >= 0.3 is 0 Å². The van der Waals surface area contributed by atoms with Crippen LogP contribution in [0.1, 0.15) is 12.0 Å². The highest BCUT2D eigenvalue weighted by molar-refractivity contribution is 9.11. The maximum atomic E-state index is 13.4. The predicted octanol–water partition coefficient (Wildman–Crippen LogP) is 4.74. The Balaban J connectivity index is 2.84. The first-order chi connectivity index (χ1) is 6.61. The molecular formula is C9H4BrF3S. The molecule has 0 atom stereocenters. The van der Waals surface area contributed by atoms with Crippen LogP contribution in [0.25, 0.3) is 10.1 Å². The molecule has 0 aliphatic carbocycles. The van der Waals surface area contributed by atoms with Gasteiger partial charge in [0.25, 0.3) is 6.43 Å². The minimum absolute atomic E-state index is 0.0272. The van der Waals surface area contributed by atoms with E-state index in [9.17, 15) is 13.2 Å². The summed E-state index contributed by atoms with van der Waals surface area (Å²) in [6.07, 6.45) is -2.64. The summed E-state index contributed by atoms with van der Waals surface area (Å²) in [4.78, 5) is 0. The van der Waals surface area contributed by atoms with Gasteiger partial charge < -0.3 is 0 Å². The van der Waals surface area contributed by atoms with Gasteiger partial charge in [0.2, 0.25) is 0 Å². The molecule has 14 heavy (non-hydrogen) atoms. The summed E-state index contributed by atoms with van der Waals surface area (Å²) in [5, 5.41) is 0.0272. The van der Waals surface area contributed by atoms with E-state index in [-0.39, 0.29) is 14.7 Å². The average Bonchev–Trinajstić information content (AvgIpc) is 2.43. The second-order valence-corrected chi connectivity index (χ2v) is 5.08. The third-order valence-corrected chi connectivity index (χ3v) is 3.64. The fourth-order valence-corrected chi connectivity index (χ4v) is 2.85. The number of benzene rings is 1. The van der Waals surface area contributed by atoms with Crippen LogP contribution in [-0.2, 0) is 0 Å². The fraction of sp³-hybridized carbons (Fsp3) is 0.111. The Hall–Kier alpha value is -0.550. The van der Waals surface area contributed by atoms with Crippen LogP contribution in [0.2, 0.25) is 0 Å². The molecule has 0 aliphatic rings. The van der Waals surface area contributed by atoms with Crippen molar-refractivity contribution in [1.29, 1.82) is 0 Å². The van der Waals surface area contributed by atoms with Gasteiger partial charge in [-0.2, -0.15) is 0 Å². The lowest BCUT2D eigenvalue weighted by atomic mass is 10.1. The van der Waals surface area contributed by atoms with Gasteiger partial charge in [0.05, 0.1) is 0 Å². The van der Waals surface area contributed by atoms with Crippen LogP contribution >= 0.6 is 27.3 Å². The zero-order valence-electron chi connectivity index (χ0n) is 6.73. The average molecular weight is 281 g/mol. The van der Waals surface area contributed by atoms with Crippen LogP contribution in [0.4, 0.5) is 13.2 Å². The number of hydrogen-bond acceptors (Lipinski definition) is 1. The van der Waals surface area contributed by atoms with Crippen molar-refractivity contribution in [3.8, 4) is 0 Å². The van der Waals surface area contributed by atoms with Gasteiger partial charge in [0.1, 0.15) is 3.79 Å².